The highest BCUT2D eigenvalue weighted by molar-refractivity contribution is 6.42. The number of halogens is 2. The molecule has 2 heterocycles. The van der Waals surface area contributed by atoms with Crippen molar-refractivity contribution in [3.05, 3.63) is 63.6 Å². The van der Waals surface area contributed by atoms with Gasteiger partial charge in [0.15, 0.2) is 0 Å². The molecule has 0 saturated heterocycles. The third kappa shape index (κ3) is 2.75. The smallest absolute Gasteiger partial charge is 0.335 e. The molecule has 1 aliphatic heterocycles. The monoisotopic (exact) mass is 373 g/mol. The summed E-state index contributed by atoms with van der Waals surface area (Å²) in [6.45, 7) is 0.828. The van der Waals surface area contributed by atoms with Crippen LogP contribution in [0.1, 0.15) is 15.9 Å². The molecule has 2 N–H and O–H groups in total. The number of fused-ring (bicyclic) bond motifs is 1. The summed E-state index contributed by atoms with van der Waals surface area (Å²) in [4.78, 5) is 11.0. The summed E-state index contributed by atoms with van der Waals surface area (Å²) in [5.74, 6) is -0.0315. The quantitative estimate of drug-likeness (QED) is 0.708. The van der Waals surface area contributed by atoms with Crippen LogP contribution in [-0.4, -0.2) is 27.4 Å². The van der Waals surface area contributed by atoms with Crippen LogP contribution in [0.15, 0.2) is 42.5 Å². The van der Waals surface area contributed by atoms with Gasteiger partial charge in [-0.25, -0.2) is 9.48 Å². The van der Waals surface area contributed by atoms with Crippen molar-refractivity contribution in [2.45, 2.75) is 6.42 Å². The number of benzene rings is 2. The number of carboxylic acid groups (broad SMARTS) is 1. The molecule has 7 heteroatoms. The van der Waals surface area contributed by atoms with Crippen molar-refractivity contribution in [1.29, 1.82) is 0 Å². The molecule has 1 aliphatic rings. The molecule has 0 atom stereocenters. The maximum atomic E-state index is 11.0. The number of anilines is 1. The fraction of sp³-hybridized carbons (Fsp3) is 0.111. The molecule has 4 rings (SSSR count). The van der Waals surface area contributed by atoms with Crippen LogP contribution < -0.4 is 5.32 Å². The van der Waals surface area contributed by atoms with Crippen LogP contribution in [0.4, 0.5) is 5.82 Å². The summed E-state index contributed by atoms with van der Waals surface area (Å²) in [6.07, 6.45) is 0.859. The summed E-state index contributed by atoms with van der Waals surface area (Å²) in [7, 11) is 0. The second kappa shape index (κ2) is 6.10. The first kappa shape index (κ1) is 16.0. The van der Waals surface area contributed by atoms with Gasteiger partial charge in [0.2, 0.25) is 0 Å². The summed E-state index contributed by atoms with van der Waals surface area (Å²) in [6, 6.07) is 12.1. The van der Waals surface area contributed by atoms with Crippen LogP contribution >= 0.6 is 23.2 Å². The van der Waals surface area contributed by atoms with E-state index in [0.717, 1.165) is 41.3 Å². The maximum Gasteiger partial charge on any atom is 0.335 e. The minimum Gasteiger partial charge on any atom is -0.478 e. The molecule has 5 nitrogen and oxygen atoms in total. The second-order valence-electron chi connectivity index (χ2n) is 5.75. The fourth-order valence-corrected chi connectivity index (χ4v) is 3.28. The van der Waals surface area contributed by atoms with Gasteiger partial charge in [0.05, 0.1) is 27.0 Å². The Balaban J connectivity index is 1.82. The number of nitrogens with zero attached hydrogens (tertiary/aromatic N) is 2. The molecular formula is C18H13Cl2N3O2. The number of rotatable bonds is 3. The van der Waals surface area contributed by atoms with E-state index < -0.39 is 5.97 Å². The van der Waals surface area contributed by atoms with Gasteiger partial charge >= 0.3 is 5.97 Å². The van der Waals surface area contributed by atoms with E-state index in [1.807, 2.05) is 12.1 Å². The Hall–Kier alpha value is -2.50. The van der Waals surface area contributed by atoms with Crippen molar-refractivity contribution in [3.63, 3.8) is 0 Å². The predicted molar refractivity (Wildman–Crippen MR) is 98.2 cm³/mol. The molecule has 2 aromatic carbocycles. The van der Waals surface area contributed by atoms with E-state index in [2.05, 4.69) is 5.32 Å². The van der Waals surface area contributed by atoms with E-state index in [0.29, 0.717) is 10.0 Å². The van der Waals surface area contributed by atoms with Gasteiger partial charge in [-0.05, 0) is 42.8 Å². The Morgan fingerprint density at radius 2 is 1.88 bits per heavy atom. The molecule has 0 radical (unpaired) electrons. The van der Waals surface area contributed by atoms with Crippen molar-refractivity contribution in [1.82, 2.24) is 9.78 Å². The van der Waals surface area contributed by atoms with Crippen LogP contribution in [0.5, 0.6) is 0 Å². The van der Waals surface area contributed by atoms with Gasteiger partial charge in [-0.1, -0.05) is 29.3 Å². The van der Waals surface area contributed by atoms with Crippen molar-refractivity contribution < 1.29 is 9.90 Å². The normalized spacial score (nSPS) is 12.7. The predicted octanol–water partition coefficient (Wildman–Crippen LogP) is 4.51. The van der Waals surface area contributed by atoms with Crippen molar-refractivity contribution in [2.24, 2.45) is 0 Å². The molecule has 126 valence electrons. The first-order valence-corrected chi connectivity index (χ1v) is 8.45. The van der Waals surface area contributed by atoms with Gasteiger partial charge in [0.25, 0.3) is 0 Å². The zero-order chi connectivity index (χ0) is 17.6. The number of carboxylic acids is 1. The van der Waals surface area contributed by atoms with Crippen molar-refractivity contribution >= 4 is 35.0 Å². The molecule has 0 bridgehead atoms. The van der Waals surface area contributed by atoms with Gasteiger partial charge < -0.3 is 10.4 Å². The largest absolute Gasteiger partial charge is 0.478 e. The maximum absolute atomic E-state index is 11.0. The van der Waals surface area contributed by atoms with E-state index in [-0.39, 0.29) is 5.56 Å². The SMILES string of the molecule is O=C(O)c1ccc(-n2nc(-c3ccc(Cl)c(Cl)c3)c3c2NCC3)cc1. The Kier molecular flexibility index (Phi) is 3.90. The zero-order valence-corrected chi connectivity index (χ0v) is 14.5. The minimum absolute atomic E-state index is 0.241. The lowest BCUT2D eigenvalue weighted by Crippen LogP contribution is -2.05. The molecule has 3 aromatic rings. The van der Waals surface area contributed by atoms with E-state index in [1.54, 1.807) is 35.0 Å². The Bertz CT molecular complexity index is 981. The van der Waals surface area contributed by atoms with Crippen molar-refractivity contribution in [3.8, 4) is 16.9 Å². The number of hydrogen-bond donors (Lipinski definition) is 2. The summed E-state index contributed by atoms with van der Waals surface area (Å²) >= 11 is 12.2. The van der Waals surface area contributed by atoms with Crippen LogP contribution in [0, 0.1) is 0 Å². The average Bonchev–Trinajstić information content (AvgIpc) is 3.20. The van der Waals surface area contributed by atoms with Gasteiger partial charge in [-0.3, -0.25) is 0 Å². The van der Waals surface area contributed by atoms with Gasteiger partial charge in [-0.2, -0.15) is 5.10 Å². The van der Waals surface area contributed by atoms with E-state index in [4.69, 9.17) is 33.4 Å². The van der Waals surface area contributed by atoms with Crippen LogP contribution in [0.3, 0.4) is 0 Å². The Morgan fingerprint density at radius 3 is 2.56 bits per heavy atom. The third-order valence-electron chi connectivity index (χ3n) is 4.20. The fourth-order valence-electron chi connectivity index (χ4n) is 2.98. The minimum atomic E-state index is -0.952. The average molecular weight is 374 g/mol. The molecule has 0 unspecified atom stereocenters. The molecule has 0 aliphatic carbocycles. The lowest BCUT2D eigenvalue weighted by molar-refractivity contribution is 0.0697. The molecule has 0 saturated carbocycles. The third-order valence-corrected chi connectivity index (χ3v) is 4.94. The zero-order valence-electron chi connectivity index (χ0n) is 13.0. The van der Waals surface area contributed by atoms with E-state index >= 15 is 0 Å². The number of hydrogen-bond acceptors (Lipinski definition) is 3. The topological polar surface area (TPSA) is 67.1 Å². The first-order valence-electron chi connectivity index (χ1n) is 7.69. The van der Waals surface area contributed by atoms with Gasteiger partial charge in [-0.15, -0.1) is 0 Å². The first-order chi connectivity index (χ1) is 12.0. The second-order valence-corrected chi connectivity index (χ2v) is 6.56. The van der Waals surface area contributed by atoms with E-state index in [9.17, 15) is 4.79 Å². The molecule has 1 aromatic heterocycles. The van der Waals surface area contributed by atoms with Crippen LogP contribution in [0.2, 0.25) is 10.0 Å². The lowest BCUT2D eigenvalue weighted by atomic mass is 10.1. The lowest BCUT2D eigenvalue weighted by Gasteiger charge is -2.07. The molecule has 0 spiro atoms. The highest BCUT2D eigenvalue weighted by atomic mass is 35.5. The standard InChI is InChI=1S/C18H13Cl2N3O2/c19-14-6-3-11(9-15(14)20)16-13-7-8-21-17(13)23(22-16)12-4-1-10(2-5-12)18(24)25/h1-6,9,21H,7-8H2,(H,24,25). The summed E-state index contributed by atoms with van der Waals surface area (Å²) in [5, 5.41) is 18.1. The van der Waals surface area contributed by atoms with Crippen LogP contribution in [-0.2, 0) is 6.42 Å². The summed E-state index contributed by atoms with van der Waals surface area (Å²) < 4.78 is 1.80. The number of carbonyl (C=O) groups is 1. The summed E-state index contributed by atoms with van der Waals surface area (Å²) in [5.41, 5.74) is 3.89. The van der Waals surface area contributed by atoms with E-state index in [1.165, 1.54) is 0 Å². The Morgan fingerprint density at radius 1 is 1.12 bits per heavy atom. The number of nitrogens with one attached hydrogen (secondary N) is 1. The molecular weight excluding hydrogens is 361 g/mol. The molecule has 0 amide bonds. The van der Waals surface area contributed by atoms with Gasteiger partial charge in [0.1, 0.15) is 5.82 Å². The Labute approximate surface area is 153 Å². The van der Waals surface area contributed by atoms with Crippen LogP contribution in [0.25, 0.3) is 16.9 Å². The molecule has 25 heavy (non-hydrogen) atoms. The number of aromatic carboxylic acids is 1. The van der Waals surface area contributed by atoms with Gasteiger partial charge in [0, 0.05) is 17.7 Å². The highest BCUT2D eigenvalue weighted by Crippen LogP contribution is 2.36. The molecule has 0 fully saturated rings. The number of aromatic nitrogens is 2. The highest BCUT2D eigenvalue weighted by Gasteiger charge is 2.24. The van der Waals surface area contributed by atoms with Crippen molar-refractivity contribution in [2.75, 3.05) is 11.9 Å².